The van der Waals surface area contributed by atoms with Gasteiger partial charge in [0.25, 0.3) is 0 Å². The molecule has 2 rings (SSSR count). The molecule has 0 saturated heterocycles. The van der Waals surface area contributed by atoms with Gasteiger partial charge in [0.2, 0.25) is 0 Å². The van der Waals surface area contributed by atoms with Crippen LogP contribution < -0.4 is 0 Å². The minimum Gasteiger partial charge on any atom is -0.0945 e. The standard InChI is InChI=1S/C23H33Cl/c1-2-3-4-5-6-7-8-9-20-10-12-21(13-11-20)14-15-22-16-18-23(24)19-17-22/h16-21H,2-13H2,1H3/t20-,21-. The van der Waals surface area contributed by atoms with Crippen molar-refractivity contribution in [3.8, 4) is 11.8 Å². The van der Waals surface area contributed by atoms with E-state index in [0.717, 1.165) is 16.5 Å². The van der Waals surface area contributed by atoms with E-state index in [1.165, 1.54) is 77.0 Å². The fourth-order valence-electron chi connectivity index (χ4n) is 3.70. The predicted molar refractivity (Wildman–Crippen MR) is 106 cm³/mol. The summed E-state index contributed by atoms with van der Waals surface area (Å²) in [5.41, 5.74) is 1.09. The molecular formula is C23H33Cl. The van der Waals surface area contributed by atoms with Gasteiger partial charge in [0.1, 0.15) is 0 Å². The highest BCUT2D eigenvalue weighted by Crippen LogP contribution is 2.31. The van der Waals surface area contributed by atoms with Crippen molar-refractivity contribution in [3.63, 3.8) is 0 Å². The van der Waals surface area contributed by atoms with E-state index >= 15 is 0 Å². The molecule has 0 amide bonds. The van der Waals surface area contributed by atoms with E-state index < -0.39 is 0 Å². The second-order valence-electron chi connectivity index (χ2n) is 7.40. The molecule has 24 heavy (non-hydrogen) atoms. The zero-order valence-electron chi connectivity index (χ0n) is 15.3. The second kappa shape index (κ2) is 11.6. The average molecular weight is 345 g/mol. The highest BCUT2D eigenvalue weighted by atomic mass is 35.5. The Morgan fingerprint density at radius 1 is 0.875 bits per heavy atom. The minimum absolute atomic E-state index is 0.603. The maximum Gasteiger partial charge on any atom is 0.0406 e. The molecule has 0 unspecified atom stereocenters. The molecule has 1 aromatic rings. The summed E-state index contributed by atoms with van der Waals surface area (Å²) in [4.78, 5) is 0. The summed E-state index contributed by atoms with van der Waals surface area (Å²) in [5.74, 6) is 8.37. The molecule has 0 N–H and O–H groups in total. The number of benzene rings is 1. The van der Waals surface area contributed by atoms with Crippen LogP contribution in [0.1, 0.15) is 89.5 Å². The van der Waals surface area contributed by atoms with Crippen LogP contribution in [0.3, 0.4) is 0 Å². The smallest absolute Gasteiger partial charge is 0.0406 e. The first-order valence-corrected chi connectivity index (χ1v) is 10.4. The number of hydrogen-bond acceptors (Lipinski definition) is 0. The van der Waals surface area contributed by atoms with Crippen LogP contribution >= 0.6 is 11.6 Å². The van der Waals surface area contributed by atoms with Gasteiger partial charge >= 0.3 is 0 Å². The van der Waals surface area contributed by atoms with Crippen LogP contribution in [0, 0.1) is 23.7 Å². The first-order valence-electron chi connectivity index (χ1n) is 10.0. The average Bonchev–Trinajstić information content (AvgIpc) is 2.61. The van der Waals surface area contributed by atoms with Gasteiger partial charge in [0, 0.05) is 16.5 Å². The Kier molecular flexibility index (Phi) is 9.37. The van der Waals surface area contributed by atoms with Crippen molar-refractivity contribution in [1.82, 2.24) is 0 Å². The largest absolute Gasteiger partial charge is 0.0945 e. The van der Waals surface area contributed by atoms with Crippen molar-refractivity contribution in [2.45, 2.75) is 84.0 Å². The SMILES string of the molecule is CCCCCCCCC[C@H]1CC[C@H](C#Cc2ccc(Cl)cc2)CC1. The molecule has 1 aliphatic carbocycles. The van der Waals surface area contributed by atoms with Crippen LogP contribution in [-0.4, -0.2) is 0 Å². The summed E-state index contributed by atoms with van der Waals surface area (Å²) >= 11 is 5.91. The number of halogens is 1. The molecule has 1 fully saturated rings. The monoisotopic (exact) mass is 344 g/mol. The van der Waals surface area contributed by atoms with E-state index in [-0.39, 0.29) is 0 Å². The number of hydrogen-bond donors (Lipinski definition) is 0. The predicted octanol–water partition coefficient (Wildman–Crippen LogP) is 7.64. The number of unbranched alkanes of at least 4 members (excludes halogenated alkanes) is 6. The first kappa shape index (κ1) is 19.4. The highest BCUT2D eigenvalue weighted by Gasteiger charge is 2.19. The van der Waals surface area contributed by atoms with Crippen LogP contribution in [0.5, 0.6) is 0 Å². The van der Waals surface area contributed by atoms with Crippen molar-refractivity contribution in [2.75, 3.05) is 0 Å². The van der Waals surface area contributed by atoms with E-state index in [2.05, 4.69) is 18.8 Å². The zero-order valence-corrected chi connectivity index (χ0v) is 16.1. The lowest BCUT2D eigenvalue weighted by atomic mass is 9.80. The Morgan fingerprint density at radius 3 is 2.17 bits per heavy atom. The molecule has 1 heteroatoms. The van der Waals surface area contributed by atoms with E-state index in [1.807, 2.05) is 24.3 Å². The minimum atomic E-state index is 0.603. The van der Waals surface area contributed by atoms with E-state index in [1.54, 1.807) is 0 Å². The third-order valence-corrected chi connectivity index (χ3v) is 5.58. The summed E-state index contributed by atoms with van der Waals surface area (Å²) in [5, 5.41) is 0.784. The molecule has 1 aromatic carbocycles. The van der Waals surface area contributed by atoms with E-state index in [9.17, 15) is 0 Å². The molecule has 0 heterocycles. The maximum absolute atomic E-state index is 5.91. The summed E-state index contributed by atoms with van der Waals surface area (Å²) in [6.45, 7) is 2.29. The van der Waals surface area contributed by atoms with Gasteiger partial charge in [-0.25, -0.2) is 0 Å². The molecule has 0 radical (unpaired) electrons. The molecular weight excluding hydrogens is 312 g/mol. The molecule has 0 aromatic heterocycles. The van der Waals surface area contributed by atoms with Gasteiger partial charge < -0.3 is 0 Å². The summed E-state index contributed by atoms with van der Waals surface area (Å²) in [7, 11) is 0. The van der Waals surface area contributed by atoms with Gasteiger partial charge in [0.15, 0.2) is 0 Å². The molecule has 0 spiro atoms. The molecule has 132 valence electrons. The molecule has 0 aliphatic heterocycles. The van der Waals surface area contributed by atoms with Crippen LogP contribution in [0.2, 0.25) is 5.02 Å². The Hall–Kier alpha value is -0.930. The maximum atomic E-state index is 5.91. The lowest BCUT2D eigenvalue weighted by Gasteiger charge is -2.25. The Morgan fingerprint density at radius 2 is 1.50 bits per heavy atom. The van der Waals surface area contributed by atoms with Gasteiger partial charge in [-0.05, 0) is 55.9 Å². The van der Waals surface area contributed by atoms with E-state index in [4.69, 9.17) is 11.6 Å². The molecule has 1 saturated carbocycles. The van der Waals surface area contributed by atoms with Gasteiger partial charge in [0.05, 0.1) is 0 Å². The first-order chi connectivity index (χ1) is 11.8. The van der Waals surface area contributed by atoms with Crippen LogP contribution in [0.15, 0.2) is 24.3 Å². The lowest BCUT2D eigenvalue weighted by Crippen LogP contribution is -2.13. The Bertz CT molecular complexity index is 497. The lowest BCUT2D eigenvalue weighted by molar-refractivity contribution is 0.293. The zero-order chi connectivity index (χ0) is 17.0. The summed E-state index contributed by atoms with van der Waals surface area (Å²) < 4.78 is 0. The fraction of sp³-hybridized carbons (Fsp3) is 0.652. The number of rotatable bonds is 8. The van der Waals surface area contributed by atoms with Crippen molar-refractivity contribution in [1.29, 1.82) is 0 Å². The van der Waals surface area contributed by atoms with Gasteiger partial charge in [-0.15, -0.1) is 0 Å². The fourth-order valence-corrected chi connectivity index (χ4v) is 3.83. The van der Waals surface area contributed by atoms with Gasteiger partial charge in [-0.1, -0.05) is 81.7 Å². The topological polar surface area (TPSA) is 0 Å². The van der Waals surface area contributed by atoms with Crippen LogP contribution in [-0.2, 0) is 0 Å². The van der Waals surface area contributed by atoms with Crippen molar-refractivity contribution in [2.24, 2.45) is 11.8 Å². The third kappa shape index (κ3) is 7.76. The van der Waals surface area contributed by atoms with E-state index in [0.29, 0.717) is 5.92 Å². The van der Waals surface area contributed by atoms with Gasteiger partial charge in [-0.2, -0.15) is 0 Å². The Labute approximate surface area is 154 Å². The van der Waals surface area contributed by atoms with Crippen LogP contribution in [0.25, 0.3) is 0 Å². The normalized spacial score (nSPS) is 20.4. The van der Waals surface area contributed by atoms with Crippen molar-refractivity contribution in [3.05, 3.63) is 34.9 Å². The molecule has 0 bridgehead atoms. The second-order valence-corrected chi connectivity index (χ2v) is 7.84. The van der Waals surface area contributed by atoms with Crippen molar-refractivity contribution < 1.29 is 0 Å². The van der Waals surface area contributed by atoms with Crippen LogP contribution in [0.4, 0.5) is 0 Å². The quantitative estimate of drug-likeness (QED) is 0.335. The third-order valence-electron chi connectivity index (χ3n) is 5.33. The Balaban J connectivity index is 1.57. The van der Waals surface area contributed by atoms with Gasteiger partial charge in [-0.3, -0.25) is 0 Å². The van der Waals surface area contributed by atoms with Crippen molar-refractivity contribution >= 4 is 11.6 Å². The molecule has 1 aliphatic rings. The summed E-state index contributed by atoms with van der Waals surface area (Å²) in [6.07, 6.45) is 16.8. The molecule has 0 nitrogen and oxygen atoms in total. The summed E-state index contributed by atoms with van der Waals surface area (Å²) in [6, 6.07) is 7.87. The highest BCUT2D eigenvalue weighted by molar-refractivity contribution is 6.30. The molecule has 0 atom stereocenters.